The summed E-state index contributed by atoms with van der Waals surface area (Å²) >= 11 is 3.58. The molecule has 2 aromatic heterocycles. The highest BCUT2D eigenvalue weighted by atomic mass is 79.9. The summed E-state index contributed by atoms with van der Waals surface area (Å²) in [5.41, 5.74) is 3.87. The van der Waals surface area contributed by atoms with E-state index in [1.807, 2.05) is 24.8 Å². The molecular formula is C14H21BrN4O. The van der Waals surface area contributed by atoms with Gasteiger partial charge < -0.3 is 5.11 Å². The molecule has 0 spiro atoms. The van der Waals surface area contributed by atoms with Crippen molar-refractivity contribution in [3.8, 4) is 0 Å². The standard InChI is InChI=1S/C14H21BrN4O/c1-5-9-7-11(18(3)16-9)13(20)8-12-14(15)10(6-2)17-19(12)4/h7,13,20H,5-6,8H2,1-4H3. The number of hydrogen-bond donors (Lipinski definition) is 1. The zero-order chi connectivity index (χ0) is 14.9. The molecule has 0 saturated carbocycles. The van der Waals surface area contributed by atoms with Crippen LogP contribution in [0.3, 0.4) is 0 Å². The Kier molecular flexibility index (Phi) is 4.65. The van der Waals surface area contributed by atoms with Crippen molar-refractivity contribution in [1.82, 2.24) is 19.6 Å². The molecule has 0 aliphatic carbocycles. The van der Waals surface area contributed by atoms with Crippen LogP contribution in [0.15, 0.2) is 10.5 Å². The molecule has 0 amide bonds. The lowest BCUT2D eigenvalue weighted by Crippen LogP contribution is -2.10. The Morgan fingerprint density at radius 3 is 2.40 bits per heavy atom. The van der Waals surface area contributed by atoms with E-state index in [0.29, 0.717) is 6.42 Å². The highest BCUT2D eigenvalue weighted by Gasteiger charge is 2.20. The molecule has 1 atom stereocenters. The maximum absolute atomic E-state index is 10.5. The summed E-state index contributed by atoms with van der Waals surface area (Å²) < 4.78 is 4.59. The lowest BCUT2D eigenvalue weighted by Gasteiger charge is -2.11. The van der Waals surface area contributed by atoms with Gasteiger partial charge >= 0.3 is 0 Å². The fourth-order valence-electron chi connectivity index (χ4n) is 2.36. The quantitative estimate of drug-likeness (QED) is 0.908. The van der Waals surface area contributed by atoms with Gasteiger partial charge in [0, 0.05) is 20.5 Å². The first kappa shape index (κ1) is 15.3. The minimum Gasteiger partial charge on any atom is -0.386 e. The van der Waals surface area contributed by atoms with E-state index in [2.05, 4.69) is 40.0 Å². The first-order valence-corrected chi connectivity index (χ1v) is 7.68. The molecular weight excluding hydrogens is 320 g/mol. The average Bonchev–Trinajstić information content (AvgIpc) is 2.93. The smallest absolute Gasteiger partial charge is 0.101 e. The van der Waals surface area contributed by atoms with Crippen LogP contribution in [-0.4, -0.2) is 24.7 Å². The molecule has 2 rings (SSSR count). The first-order chi connectivity index (χ1) is 9.47. The van der Waals surface area contributed by atoms with Crippen molar-refractivity contribution in [3.63, 3.8) is 0 Å². The van der Waals surface area contributed by atoms with Gasteiger partial charge in [0.2, 0.25) is 0 Å². The largest absolute Gasteiger partial charge is 0.386 e. The number of hydrogen-bond acceptors (Lipinski definition) is 3. The van der Waals surface area contributed by atoms with Gasteiger partial charge in [-0.05, 0) is 34.8 Å². The van der Waals surface area contributed by atoms with E-state index >= 15 is 0 Å². The fourth-order valence-corrected chi connectivity index (χ4v) is 3.14. The Bertz CT molecular complexity index is 603. The molecule has 2 aromatic rings. The van der Waals surface area contributed by atoms with E-state index < -0.39 is 6.10 Å². The number of halogens is 1. The highest BCUT2D eigenvalue weighted by Crippen LogP contribution is 2.26. The SMILES string of the molecule is CCc1cc(C(O)Cc2c(Br)c(CC)nn2C)n(C)n1. The molecule has 0 aliphatic heterocycles. The van der Waals surface area contributed by atoms with Crippen molar-refractivity contribution >= 4 is 15.9 Å². The average molecular weight is 341 g/mol. The molecule has 2 heterocycles. The molecule has 0 bridgehead atoms. The lowest BCUT2D eigenvalue weighted by atomic mass is 10.1. The molecule has 110 valence electrons. The molecule has 20 heavy (non-hydrogen) atoms. The van der Waals surface area contributed by atoms with Crippen LogP contribution in [0.2, 0.25) is 0 Å². The summed E-state index contributed by atoms with van der Waals surface area (Å²) in [7, 11) is 3.78. The molecule has 6 heteroatoms. The van der Waals surface area contributed by atoms with E-state index in [1.54, 1.807) is 4.68 Å². The Morgan fingerprint density at radius 2 is 1.90 bits per heavy atom. The van der Waals surface area contributed by atoms with Crippen LogP contribution in [0.5, 0.6) is 0 Å². The van der Waals surface area contributed by atoms with Crippen LogP contribution in [0.1, 0.15) is 42.7 Å². The zero-order valence-electron chi connectivity index (χ0n) is 12.4. The van der Waals surface area contributed by atoms with Gasteiger partial charge in [-0.25, -0.2) is 0 Å². The van der Waals surface area contributed by atoms with Crippen molar-refractivity contribution in [2.24, 2.45) is 14.1 Å². The van der Waals surface area contributed by atoms with Crippen LogP contribution < -0.4 is 0 Å². The van der Waals surface area contributed by atoms with Crippen molar-refractivity contribution in [3.05, 3.63) is 33.3 Å². The van der Waals surface area contributed by atoms with E-state index in [4.69, 9.17) is 0 Å². The second-order valence-corrected chi connectivity index (χ2v) is 5.74. The van der Waals surface area contributed by atoms with Crippen molar-refractivity contribution in [2.75, 3.05) is 0 Å². The van der Waals surface area contributed by atoms with Crippen LogP contribution >= 0.6 is 15.9 Å². The van der Waals surface area contributed by atoms with Crippen molar-refractivity contribution < 1.29 is 5.11 Å². The van der Waals surface area contributed by atoms with Gasteiger partial charge in [0.05, 0.1) is 27.2 Å². The Morgan fingerprint density at radius 1 is 1.20 bits per heavy atom. The number of aryl methyl sites for hydroxylation is 4. The zero-order valence-corrected chi connectivity index (χ0v) is 14.0. The summed E-state index contributed by atoms with van der Waals surface area (Å²) in [5.74, 6) is 0. The maximum Gasteiger partial charge on any atom is 0.101 e. The van der Waals surface area contributed by atoms with Gasteiger partial charge in [-0.2, -0.15) is 10.2 Å². The second kappa shape index (κ2) is 6.10. The monoisotopic (exact) mass is 340 g/mol. The first-order valence-electron chi connectivity index (χ1n) is 6.89. The Balaban J connectivity index is 2.25. The van der Waals surface area contributed by atoms with Gasteiger partial charge in [0.25, 0.3) is 0 Å². The topological polar surface area (TPSA) is 55.9 Å². The maximum atomic E-state index is 10.5. The van der Waals surface area contributed by atoms with Crippen molar-refractivity contribution in [2.45, 2.75) is 39.2 Å². The third kappa shape index (κ3) is 2.81. The molecule has 0 aromatic carbocycles. The molecule has 0 radical (unpaired) electrons. The van der Waals surface area contributed by atoms with E-state index in [1.165, 1.54) is 0 Å². The predicted molar refractivity (Wildman–Crippen MR) is 81.5 cm³/mol. The van der Waals surface area contributed by atoms with Gasteiger partial charge in [0.1, 0.15) is 6.10 Å². The molecule has 0 aliphatic rings. The third-order valence-electron chi connectivity index (χ3n) is 3.56. The summed E-state index contributed by atoms with van der Waals surface area (Å²) in [6, 6.07) is 1.97. The molecule has 1 N–H and O–H groups in total. The second-order valence-electron chi connectivity index (χ2n) is 4.94. The van der Waals surface area contributed by atoms with E-state index in [9.17, 15) is 5.11 Å². The highest BCUT2D eigenvalue weighted by molar-refractivity contribution is 9.10. The van der Waals surface area contributed by atoms with Crippen molar-refractivity contribution in [1.29, 1.82) is 0 Å². The number of aliphatic hydroxyl groups is 1. The molecule has 1 unspecified atom stereocenters. The number of aromatic nitrogens is 4. The molecule has 5 nitrogen and oxygen atoms in total. The Hall–Kier alpha value is -1.14. The van der Waals surface area contributed by atoms with Crippen LogP contribution in [0.4, 0.5) is 0 Å². The number of rotatable bonds is 5. The van der Waals surface area contributed by atoms with Crippen LogP contribution in [-0.2, 0) is 33.4 Å². The summed E-state index contributed by atoms with van der Waals surface area (Å²) in [5, 5.41) is 19.3. The van der Waals surface area contributed by atoms with Gasteiger partial charge in [-0.1, -0.05) is 13.8 Å². The van der Waals surface area contributed by atoms with Gasteiger partial charge in [-0.3, -0.25) is 9.36 Å². The Labute approximate surface area is 127 Å². The minimum atomic E-state index is -0.579. The van der Waals surface area contributed by atoms with Gasteiger partial charge in [0.15, 0.2) is 0 Å². The summed E-state index contributed by atoms with van der Waals surface area (Å²) in [6.07, 6.45) is 1.68. The van der Waals surface area contributed by atoms with E-state index in [-0.39, 0.29) is 0 Å². The normalized spacial score (nSPS) is 12.9. The lowest BCUT2D eigenvalue weighted by molar-refractivity contribution is 0.166. The van der Waals surface area contributed by atoms with E-state index in [0.717, 1.165) is 40.1 Å². The predicted octanol–water partition coefficient (Wildman–Crippen LogP) is 2.32. The van der Waals surface area contributed by atoms with Crippen LogP contribution in [0.25, 0.3) is 0 Å². The van der Waals surface area contributed by atoms with Gasteiger partial charge in [-0.15, -0.1) is 0 Å². The summed E-state index contributed by atoms with van der Waals surface area (Å²) in [6.45, 7) is 4.13. The number of nitrogens with zero attached hydrogens (tertiary/aromatic N) is 4. The molecule has 0 fully saturated rings. The van der Waals surface area contributed by atoms with Crippen LogP contribution in [0, 0.1) is 0 Å². The fraction of sp³-hybridized carbons (Fsp3) is 0.571. The minimum absolute atomic E-state index is 0.521. The number of aliphatic hydroxyl groups excluding tert-OH is 1. The summed E-state index contributed by atoms with van der Waals surface area (Å²) in [4.78, 5) is 0. The third-order valence-corrected chi connectivity index (χ3v) is 4.48. The molecule has 0 saturated heterocycles.